The van der Waals surface area contributed by atoms with Gasteiger partial charge in [0.1, 0.15) is 0 Å². The van der Waals surface area contributed by atoms with E-state index in [9.17, 15) is 4.79 Å². The van der Waals surface area contributed by atoms with Crippen molar-refractivity contribution in [3.8, 4) is 0 Å². The summed E-state index contributed by atoms with van der Waals surface area (Å²) in [6.07, 6.45) is 2.67. The van der Waals surface area contributed by atoms with Crippen molar-refractivity contribution >= 4 is 53.3 Å². The van der Waals surface area contributed by atoms with Crippen LogP contribution in [0.2, 0.25) is 0 Å². The highest BCUT2D eigenvalue weighted by Crippen LogP contribution is 2.21. The van der Waals surface area contributed by atoms with E-state index in [1.807, 2.05) is 24.3 Å². The lowest BCUT2D eigenvalue weighted by atomic mass is 10.2. The summed E-state index contributed by atoms with van der Waals surface area (Å²) in [6, 6.07) is 11.1. The van der Waals surface area contributed by atoms with Crippen LogP contribution in [0.25, 0.3) is 0 Å². The third kappa shape index (κ3) is 6.95. The minimum Gasteiger partial charge on any atom is -0.459 e. The summed E-state index contributed by atoms with van der Waals surface area (Å²) in [6.45, 7) is 7.89. The lowest BCUT2D eigenvalue weighted by Crippen LogP contribution is -2.48. The number of guanidine groups is 1. The van der Waals surface area contributed by atoms with E-state index in [1.165, 1.54) is 12.7 Å². The van der Waals surface area contributed by atoms with Crippen LogP contribution in [0, 0.1) is 0 Å². The molecule has 1 fully saturated rings. The Balaban J connectivity index is 0.00000300. The zero-order chi connectivity index (χ0) is 19.8. The van der Waals surface area contributed by atoms with Gasteiger partial charge >= 0.3 is 0 Å². The van der Waals surface area contributed by atoms with Crippen molar-refractivity contribution in [2.75, 3.05) is 30.7 Å². The molecular weight excluding hydrogens is 499 g/mol. The van der Waals surface area contributed by atoms with E-state index in [2.05, 4.69) is 41.1 Å². The van der Waals surface area contributed by atoms with Crippen molar-refractivity contribution in [1.82, 2.24) is 10.2 Å². The lowest BCUT2D eigenvalue weighted by molar-refractivity contribution is 0.0996. The number of furan rings is 1. The molecule has 1 aromatic heterocycles. The molecule has 1 atom stereocenters. The first-order chi connectivity index (χ1) is 13.7. The summed E-state index contributed by atoms with van der Waals surface area (Å²) in [4.78, 5) is 19.2. The maximum atomic E-state index is 12.0. The fourth-order valence-electron chi connectivity index (χ4n) is 3.04. The second-order valence-electron chi connectivity index (χ2n) is 6.65. The molecule has 2 heterocycles. The Hall–Kier alpha value is -1.68. The Bertz CT molecular complexity index is 780. The van der Waals surface area contributed by atoms with Crippen LogP contribution in [0.1, 0.15) is 36.4 Å². The molecule has 29 heavy (non-hydrogen) atoms. The quantitative estimate of drug-likeness (QED) is 0.330. The zero-order valence-corrected chi connectivity index (χ0v) is 20.0. The Morgan fingerprint density at radius 3 is 2.72 bits per heavy atom. The third-order valence-corrected chi connectivity index (χ3v) is 5.97. The van der Waals surface area contributed by atoms with Gasteiger partial charge in [-0.1, -0.05) is 19.1 Å². The summed E-state index contributed by atoms with van der Waals surface area (Å²) >= 11 is 2.06. The van der Waals surface area contributed by atoms with E-state index < -0.39 is 0 Å². The largest absolute Gasteiger partial charge is 0.459 e. The van der Waals surface area contributed by atoms with Gasteiger partial charge in [-0.05, 0) is 43.2 Å². The number of nitrogens with one attached hydrogen (secondary N) is 2. The summed E-state index contributed by atoms with van der Waals surface area (Å²) < 4.78 is 5.11. The van der Waals surface area contributed by atoms with E-state index in [-0.39, 0.29) is 29.9 Å². The van der Waals surface area contributed by atoms with Crippen molar-refractivity contribution in [3.63, 3.8) is 0 Å². The van der Waals surface area contributed by atoms with Crippen molar-refractivity contribution in [2.45, 2.75) is 32.1 Å². The van der Waals surface area contributed by atoms with Crippen LogP contribution in [0.5, 0.6) is 0 Å². The molecule has 3 rings (SSSR count). The molecule has 1 amide bonds. The number of rotatable bonds is 6. The van der Waals surface area contributed by atoms with Gasteiger partial charge in [0.15, 0.2) is 11.7 Å². The van der Waals surface area contributed by atoms with Crippen molar-refractivity contribution in [3.05, 3.63) is 54.0 Å². The molecule has 0 radical (unpaired) electrons. The first-order valence-electron chi connectivity index (χ1n) is 9.78. The molecule has 1 aliphatic rings. The second kappa shape index (κ2) is 12.1. The molecule has 6 nitrogen and oxygen atoms in total. The number of carbonyl (C=O) groups is 1. The predicted octanol–water partition coefficient (Wildman–Crippen LogP) is 4.44. The number of amides is 1. The van der Waals surface area contributed by atoms with E-state index in [1.54, 1.807) is 12.1 Å². The SMILES string of the molecule is CCNC(=NCc1ccc(NC(=O)c2ccco2)cc1)N1CCSC(CC)C1.I. The molecule has 0 aliphatic carbocycles. The van der Waals surface area contributed by atoms with Gasteiger partial charge in [-0.15, -0.1) is 24.0 Å². The molecule has 2 aromatic rings. The van der Waals surface area contributed by atoms with E-state index in [0.717, 1.165) is 42.6 Å². The van der Waals surface area contributed by atoms with Gasteiger partial charge in [0, 0.05) is 36.3 Å². The molecule has 0 bridgehead atoms. The Kier molecular flexibility index (Phi) is 9.86. The summed E-state index contributed by atoms with van der Waals surface area (Å²) in [5.74, 6) is 2.18. The maximum Gasteiger partial charge on any atom is 0.291 e. The summed E-state index contributed by atoms with van der Waals surface area (Å²) in [5, 5.41) is 6.92. The molecule has 1 saturated heterocycles. The fraction of sp³-hybridized carbons (Fsp3) is 0.429. The van der Waals surface area contributed by atoms with Gasteiger partial charge in [0.25, 0.3) is 5.91 Å². The van der Waals surface area contributed by atoms with Crippen LogP contribution in [0.3, 0.4) is 0 Å². The molecule has 1 aromatic carbocycles. The summed E-state index contributed by atoms with van der Waals surface area (Å²) in [7, 11) is 0. The van der Waals surface area contributed by atoms with Crippen LogP contribution in [-0.4, -0.2) is 47.4 Å². The fourth-order valence-corrected chi connectivity index (χ4v) is 4.22. The predicted molar refractivity (Wildman–Crippen MR) is 131 cm³/mol. The number of halogens is 1. The number of hydrogen-bond donors (Lipinski definition) is 2. The first kappa shape index (κ1) is 23.6. The van der Waals surface area contributed by atoms with Crippen LogP contribution in [-0.2, 0) is 6.54 Å². The van der Waals surface area contributed by atoms with Crippen LogP contribution >= 0.6 is 35.7 Å². The average molecular weight is 528 g/mol. The lowest BCUT2D eigenvalue weighted by Gasteiger charge is -2.34. The highest BCUT2D eigenvalue weighted by atomic mass is 127. The number of thioether (sulfide) groups is 1. The minimum absolute atomic E-state index is 0. The Morgan fingerprint density at radius 2 is 2.07 bits per heavy atom. The number of carbonyl (C=O) groups excluding carboxylic acids is 1. The average Bonchev–Trinajstić information content (AvgIpc) is 3.27. The Labute approximate surface area is 193 Å². The molecule has 0 saturated carbocycles. The van der Waals surface area contributed by atoms with E-state index >= 15 is 0 Å². The van der Waals surface area contributed by atoms with Gasteiger partial charge in [-0.3, -0.25) is 4.79 Å². The topological polar surface area (TPSA) is 69.9 Å². The van der Waals surface area contributed by atoms with Gasteiger partial charge in [0.05, 0.1) is 12.8 Å². The standard InChI is InChI=1S/C21H28N4O2S.HI/c1-3-18-15-25(11-13-28-18)21(22-4-2)23-14-16-7-9-17(10-8-16)24-20(26)19-6-5-12-27-19;/h5-10,12,18H,3-4,11,13-15H2,1-2H3,(H,22,23)(H,24,26);1H. The number of anilines is 1. The molecule has 1 unspecified atom stereocenters. The zero-order valence-electron chi connectivity index (χ0n) is 16.9. The van der Waals surface area contributed by atoms with Gasteiger partial charge in [-0.2, -0.15) is 11.8 Å². The van der Waals surface area contributed by atoms with Gasteiger partial charge in [0.2, 0.25) is 0 Å². The third-order valence-electron chi connectivity index (χ3n) is 4.60. The van der Waals surface area contributed by atoms with Crippen LogP contribution in [0.15, 0.2) is 52.1 Å². The number of benzene rings is 1. The van der Waals surface area contributed by atoms with Gasteiger partial charge in [-0.25, -0.2) is 4.99 Å². The van der Waals surface area contributed by atoms with E-state index in [0.29, 0.717) is 17.6 Å². The van der Waals surface area contributed by atoms with Crippen molar-refractivity contribution in [2.24, 2.45) is 4.99 Å². The first-order valence-corrected chi connectivity index (χ1v) is 10.8. The highest BCUT2D eigenvalue weighted by Gasteiger charge is 2.21. The molecule has 1 aliphatic heterocycles. The second-order valence-corrected chi connectivity index (χ2v) is 8.05. The van der Waals surface area contributed by atoms with Crippen LogP contribution < -0.4 is 10.6 Å². The number of hydrogen-bond acceptors (Lipinski definition) is 4. The highest BCUT2D eigenvalue weighted by molar-refractivity contribution is 14.0. The Morgan fingerprint density at radius 1 is 1.28 bits per heavy atom. The van der Waals surface area contributed by atoms with Crippen LogP contribution in [0.4, 0.5) is 5.69 Å². The molecule has 0 spiro atoms. The maximum absolute atomic E-state index is 12.0. The molecule has 8 heteroatoms. The normalized spacial score (nSPS) is 16.8. The number of aliphatic imine (C=N–C) groups is 1. The minimum atomic E-state index is -0.251. The van der Waals surface area contributed by atoms with Crippen molar-refractivity contribution < 1.29 is 9.21 Å². The molecule has 158 valence electrons. The van der Waals surface area contributed by atoms with E-state index in [4.69, 9.17) is 9.41 Å². The van der Waals surface area contributed by atoms with Crippen molar-refractivity contribution in [1.29, 1.82) is 0 Å². The molecule has 2 N–H and O–H groups in total. The number of nitrogens with zero attached hydrogens (tertiary/aromatic N) is 2. The molecular formula is C21H29IN4O2S. The summed E-state index contributed by atoms with van der Waals surface area (Å²) in [5.41, 5.74) is 1.84. The monoisotopic (exact) mass is 528 g/mol. The van der Waals surface area contributed by atoms with Gasteiger partial charge < -0.3 is 20.0 Å². The smallest absolute Gasteiger partial charge is 0.291 e.